The molecule has 0 N–H and O–H groups in total. The summed E-state index contributed by atoms with van der Waals surface area (Å²) >= 11 is 0. The molecule has 0 saturated carbocycles. The van der Waals surface area contributed by atoms with Gasteiger partial charge in [0.1, 0.15) is 0 Å². The lowest BCUT2D eigenvalue weighted by atomic mass is 10.2. The van der Waals surface area contributed by atoms with Gasteiger partial charge >= 0.3 is 0 Å². The summed E-state index contributed by atoms with van der Waals surface area (Å²) in [7, 11) is 6.40. The van der Waals surface area contributed by atoms with Crippen LogP contribution in [0.15, 0.2) is 0 Å². The van der Waals surface area contributed by atoms with Crippen molar-refractivity contribution in [1.82, 2.24) is 9.80 Å². The first-order valence-electron chi connectivity index (χ1n) is 6.91. The van der Waals surface area contributed by atoms with Gasteiger partial charge in [-0.05, 0) is 53.6 Å². The molecule has 0 saturated heterocycles. The summed E-state index contributed by atoms with van der Waals surface area (Å²) in [6, 6.07) is 0. The summed E-state index contributed by atoms with van der Waals surface area (Å²) < 4.78 is 0. The molecule has 0 spiro atoms. The zero-order chi connectivity index (χ0) is 12.8. The topological polar surface area (TPSA) is 6.48 Å². The Labute approximate surface area is 104 Å². The monoisotopic (exact) mass is 230 g/mol. The maximum absolute atomic E-state index is 2.34. The van der Waals surface area contributed by atoms with Crippen LogP contribution in [0.3, 0.4) is 0 Å². The van der Waals surface area contributed by atoms with Crippen LogP contribution in [0.4, 0.5) is 0 Å². The molecule has 0 aromatic heterocycles. The van der Waals surface area contributed by atoms with Crippen molar-refractivity contribution in [3.63, 3.8) is 0 Å². The highest BCUT2D eigenvalue weighted by Crippen LogP contribution is 1.93. The number of hydrogen-bond acceptors (Lipinski definition) is 2. The molecule has 2 nitrogen and oxygen atoms in total. The second-order valence-corrected chi connectivity index (χ2v) is 4.76. The molecule has 0 heterocycles. The molecule has 0 bridgehead atoms. The van der Waals surface area contributed by atoms with Crippen LogP contribution in [-0.2, 0) is 0 Å². The molecule has 0 amide bonds. The van der Waals surface area contributed by atoms with E-state index in [1.54, 1.807) is 0 Å². The predicted molar refractivity (Wildman–Crippen MR) is 76.2 cm³/mol. The van der Waals surface area contributed by atoms with Crippen LogP contribution < -0.4 is 0 Å². The maximum Gasteiger partial charge on any atom is -0.00220 e. The molecule has 0 aliphatic rings. The molecule has 0 aromatic carbocycles. The molecule has 0 radical (unpaired) electrons. The van der Waals surface area contributed by atoms with Crippen LogP contribution in [0.5, 0.6) is 0 Å². The predicted octanol–water partition coefficient (Wildman–Crippen LogP) is 3.48. The highest BCUT2D eigenvalue weighted by atomic mass is 15.1. The molecule has 0 aliphatic heterocycles. The number of unbranched alkanes of at least 4 members (excludes halogenated alkanes) is 3. The van der Waals surface area contributed by atoms with Gasteiger partial charge in [-0.25, -0.2) is 0 Å². The van der Waals surface area contributed by atoms with Gasteiger partial charge in [0, 0.05) is 0 Å². The van der Waals surface area contributed by atoms with Crippen molar-refractivity contribution in [1.29, 1.82) is 0 Å². The van der Waals surface area contributed by atoms with Crippen molar-refractivity contribution in [2.45, 2.75) is 52.9 Å². The van der Waals surface area contributed by atoms with Gasteiger partial charge in [0.05, 0.1) is 0 Å². The van der Waals surface area contributed by atoms with E-state index in [0.29, 0.717) is 0 Å². The number of rotatable bonds is 8. The van der Waals surface area contributed by atoms with Crippen LogP contribution in [0, 0.1) is 0 Å². The van der Waals surface area contributed by atoms with E-state index in [1.165, 1.54) is 51.7 Å². The molecule has 0 atom stereocenters. The van der Waals surface area contributed by atoms with Crippen LogP contribution >= 0.6 is 0 Å². The van der Waals surface area contributed by atoms with E-state index in [9.17, 15) is 0 Å². The standard InChI is InChI=1S/2C7H17N/c1-4-5-6-7-8(2)3;1-4-6-7-8(3)5-2/h2*4-7H2,1-3H3. The summed E-state index contributed by atoms with van der Waals surface area (Å²) in [5.74, 6) is 0. The summed E-state index contributed by atoms with van der Waals surface area (Å²) in [6.07, 6.45) is 6.70. The van der Waals surface area contributed by atoms with Gasteiger partial charge < -0.3 is 9.80 Å². The van der Waals surface area contributed by atoms with E-state index >= 15 is 0 Å². The van der Waals surface area contributed by atoms with Crippen molar-refractivity contribution >= 4 is 0 Å². The summed E-state index contributed by atoms with van der Waals surface area (Å²) in [4.78, 5) is 4.57. The van der Waals surface area contributed by atoms with Gasteiger partial charge in [-0.1, -0.05) is 40.0 Å². The van der Waals surface area contributed by atoms with E-state index in [-0.39, 0.29) is 0 Å². The summed E-state index contributed by atoms with van der Waals surface area (Å²) in [5, 5.41) is 0. The van der Waals surface area contributed by atoms with Gasteiger partial charge in [-0.2, -0.15) is 0 Å². The van der Waals surface area contributed by atoms with Crippen LogP contribution in [0.25, 0.3) is 0 Å². The Balaban J connectivity index is 0. The van der Waals surface area contributed by atoms with Crippen molar-refractivity contribution in [3.8, 4) is 0 Å². The summed E-state index contributed by atoms with van der Waals surface area (Å²) in [6.45, 7) is 10.3. The zero-order valence-corrected chi connectivity index (χ0v) is 12.6. The van der Waals surface area contributed by atoms with Crippen molar-refractivity contribution in [2.24, 2.45) is 0 Å². The van der Waals surface area contributed by atoms with Crippen molar-refractivity contribution < 1.29 is 0 Å². The van der Waals surface area contributed by atoms with E-state index in [2.05, 4.69) is 51.7 Å². The molecule has 16 heavy (non-hydrogen) atoms. The highest BCUT2D eigenvalue weighted by Gasteiger charge is 1.89. The van der Waals surface area contributed by atoms with Crippen molar-refractivity contribution in [3.05, 3.63) is 0 Å². The minimum Gasteiger partial charge on any atom is -0.309 e. The summed E-state index contributed by atoms with van der Waals surface area (Å²) in [5.41, 5.74) is 0. The van der Waals surface area contributed by atoms with E-state index in [1.807, 2.05) is 0 Å². The first kappa shape index (κ1) is 18.3. The van der Waals surface area contributed by atoms with E-state index in [4.69, 9.17) is 0 Å². The van der Waals surface area contributed by atoms with Gasteiger partial charge in [-0.3, -0.25) is 0 Å². The minimum absolute atomic E-state index is 1.18. The molecule has 0 aliphatic carbocycles. The third-order valence-electron chi connectivity index (χ3n) is 2.64. The zero-order valence-electron chi connectivity index (χ0n) is 12.6. The van der Waals surface area contributed by atoms with Crippen LogP contribution in [-0.4, -0.2) is 50.6 Å². The first-order chi connectivity index (χ1) is 7.58. The third-order valence-corrected chi connectivity index (χ3v) is 2.64. The van der Waals surface area contributed by atoms with Gasteiger partial charge in [0.2, 0.25) is 0 Å². The molecule has 0 rings (SSSR count). The Morgan fingerprint density at radius 3 is 1.62 bits per heavy atom. The molecule has 0 fully saturated rings. The fraction of sp³-hybridized carbons (Fsp3) is 1.00. The Hall–Kier alpha value is -0.0800. The molecular weight excluding hydrogens is 196 g/mol. The molecule has 0 unspecified atom stereocenters. The highest BCUT2D eigenvalue weighted by molar-refractivity contribution is 4.44. The average molecular weight is 230 g/mol. The largest absolute Gasteiger partial charge is 0.309 e. The maximum atomic E-state index is 2.34. The van der Waals surface area contributed by atoms with Gasteiger partial charge in [0.15, 0.2) is 0 Å². The Morgan fingerprint density at radius 2 is 1.25 bits per heavy atom. The molecule has 100 valence electrons. The fourth-order valence-corrected chi connectivity index (χ4v) is 1.26. The lowest BCUT2D eigenvalue weighted by Crippen LogP contribution is -2.18. The quantitative estimate of drug-likeness (QED) is 0.589. The van der Waals surface area contributed by atoms with Crippen LogP contribution in [0.1, 0.15) is 52.9 Å². The second kappa shape index (κ2) is 14.9. The molecular formula is C14H34N2. The van der Waals surface area contributed by atoms with Gasteiger partial charge in [-0.15, -0.1) is 0 Å². The fourth-order valence-electron chi connectivity index (χ4n) is 1.26. The number of hydrogen-bond donors (Lipinski definition) is 0. The molecule has 2 heteroatoms. The minimum atomic E-state index is 1.18. The van der Waals surface area contributed by atoms with Crippen LogP contribution in [0.2, 0.25) is 0 Å². The second-order valence-electron chi connectivity index (χ2n) is 4.76. The average Bonchev–Trinajstić information content (AvgIpc) is 2.26. The molecule has 0 aromatic rings. The normalized spacial score (nSPS) is 10.5. The first-order valence-corrected chi connectivity index (χ1v) is 6.91. The third kappa shape index (κ3) is 19.5. The van der Waals surface area contributed by atoms with E-state index < -0.39 is 0 Å². The Bertz CT molecular complexity index is 113. The SMILES string of the molecule is CCCCCN(C)C.CCCCN(C)CC. The Morgan fingerprint density at radius 1 is 0.688 bits per heavy atom. The van der Waals surface area contributed by atoms with E-state index in [0.717, 1.165) is 0 Å². The smallest absolute Gasteiger partial charge is 0.00220 e. The van der Waals surface area contributed by atoms with Crippen molar-refractivity contribution in [2.75, 3.05) is 40.8 Å². The Kier molecular flexibility index (Phi) is 17.1. The number of nitrogens with zero attached hydrogens (tertiary/aromatic N) is 2. The lowest BCUT2D eigenvalue weighted by Gasteiger charge is -2.11. The van der Waals surface area contributed by atoms with Gasteiger partial charge in [0.25, 0.3) is 0 Å². The lowest BCUT2D eigenvalue weighted by molar-refractivity contribution is 0.346.